The van der Waals surface area contributed by atoms with Gasteiger partial charge >= 0.3 is 0 Å². The molecule has 3 aromatic rings. The van der Waals surface area contributed by atoms with E-state index in [-0.39, 0.29) is 5.92 Å². The van der Waals surface area contributed by atoms with Crippen molar-refractivity contribution in [3.63, 3.8) is 0 Å². The quantitative estimate of drug-likeness (QED) is 0.514. The minimum atomic E-state index is -0.500. The van der Waals surface area contributed by atoms with E-state index in [4.69, 9.17) is 11.6 Å². The average Bonchev–Trinajstić information content (AvgIpc) is 3.06. The number of fused-ring (bicyclic) bond motifs is 1. The van der Waals surface area contributed by atoms with Crippen molar-refractivity contribution < 1.29 is 5.11 Å². The van der Waals surface area contributed by atoms with Crippen molar-refractivity contribution in [1.82, 2.24) is 15.3 Å². The van der Waals surface area contributed by atoms with Crippen LogP contribution in [-0.4, -0.2) is 34.2 Å². The zero-order chi connectivity index (χ0) is 22.0. The molecular formula is C25H29ClN4O. The second-order valence-corrected chi connectivity index (χ2v) is 8.89. The predicted octanol–water partition coefficient (Wildman–Crippen LogP) is 5.47. The lowest BCUT2D eigenvalue weighted by Gasteiger charge is -2.26. The third-order valence-electron chi connectivity index (χ3n) is 5.78. The molecule has 2 N–H and O–H groups in total. The highest BCUT2D eigenvalue weighted by Gasteiger charge is 2.31. The number of aliphatic hydroxyl groups excluding tert-OH is 1. The van der Waals surface area contributed by atoms with Crippen molar-refractivity contribution in [3.05, 3.63) is 71.1 Å². The molecule has 1 aliphatic carbocycles. The Labute approximate surface area is 189 Å². The number of anilines is 2. The number of aromatic nitrogens is 2. The SMILES string of the molecule is CC(C)NCCN(c1ccc(Cl)cc1)c1ccc(-c2ncnc3c2[C@H](C)C[C@H]3O)cc1. The molecular weight excluding hydrogens is 408 g/mol. The van der Waals surface area contributed by atoms with Crippen molar-refractivity contribution in [2.75, 3.05) is 18.0 Å². The van der Waals surface area contributed by atoms with E-state index in [1.54, 1.807) is 6.33 Å². The van der Waals surface area contributed by atoms with Gasteiger partial charge in [0.25, 0.3) is 0 Å². The first kappa shape index (κ1) is 21.8. The third kappa shape index (κ3) is 4.74. The fourth-order valence-corrected chi connectivity index (χ4v) is 4.37. The summed E-state index contributed by atoms with van der Waals surface area (Å²) in [5, 5.41) is 14.5. The lowest BCUT2D eigenvalue weighted by molar-refractivity contribution is 0.170. The number of aliphatic hydroxyl groups is 1. The van der Waals surface area contributed by atoms with Crippen molar-refractivity contribution in [2.45, 2.75) is 45.3 Å². The Morgan fingerprint density at radius 2 is 1.71 bits per heavy atom. The van der Waals surface area contributed by atoms with Gasteiger partial charge in [-0.25, -0.2) is 9.97 Å². The number of nitrogens with zero attached hydrogens (tertiary/aromatic N) is 3. The molecule has 1 aliphatic rings. The maximum absolute atomic E-state index is 10.3. The largest absolute Gasteiger partial charge is 0.387 e. The standard InChI is InChI=1S/C25H29ClN4O/c1-16(2)27-12-13-30(21-10-6-19(26)7-11-21)20-8-4-18(5-9-20)24-23-17(3)14-22(31)25(23)29-15-28-24/h4-11,15-17,22,27,31H,12-14H2,1-3H3/t17-,22-/m1/s1. The molecule has 0 unspecified atom stereocenters. The topological polar surface area (TPSA) is 61.3 Å². The molecule has 4 rings (SSSR count). The molecule has 6 heteroatoms. The van der Waals surface area contributed by atoms with Gasteiger partial charge in [0, 0.05) is 46.7 Å². The maximum atomic E-state index is 10.3. The Morgan fingerprint density at radius 1 is 1.06 bits per heavy atom. The Morgan fingerprint density at radius 3 is 2.35 bits per heavy atom. The molecule has 1 aromatic heterocycles. The highest BCUT2D eigenvalue weighted by Crippen LogP contribution is 2.43. The molecule has 0 bridgehead atoms. The van der Waals surface area contributed by atoms with Gasteiger partial charge in [0.2, 0.25) is 0 Å². The molecule has 0 saturated carbocycles. The molecule has 31 heavy (non-hydrogen) atoms. The van der Waals surface area contributed by atoms with E-state index >= 15 is 0 Å². The molecule has 0 amide bonds. The fraction of sp³-hybridized carbons (Fsp3) is 0.360. The Kier molecular flexibility index (Phi) is 6.56. The van der Waals surface area contributed by atoms with Crippen molar-refractivity contribution in [1.29, 1.82) is 0 Å². The van der Waals surface area contributed by atoms with E-state index in [2.05, 4.69) is 65.2 Å². The summed E-state index contributed by atoms with van der Waals surface area (Å²) >= 11 is 6.10. The summed E-state index contributed by atoms with van der Waals surface area (Å²) in [5.74, 6) is 0.244. The van der Waals surface area contributed by atoms with Crippen LogP contribution in [0.5, 0.6) is 0 Å². The number of rotatable bonds is 7. The summed E-state index contributed by atoms with van der Waals surface area (Å²) in [5.41, 5.74) is 6.00. The first-order valence-electron chi connectivity index (χ1n) is 10.8. The van der Waals surface area contributed by atoms with Crippen LogP contribution in [0.1, 0.15) is 50.5 Å². The van der Waals surface area contributed by atoms with Crippen LogP contribution in [0.25, 0.3) is 11.3 Å². The van der Waals surface area contributed by atoms with E-state index in [0.29, 0.717) is 12.5 Å². The van der Waals surface area contributed by atoms with Gasteiger partial charge in [-0.2, -0.15) is 0 Å². The lowest BCUT2D eigenvalue weighted by atomic mass is 9.98. The molecule has 0 fully saturated rings. The van der Waals surface area contributed by atoms with E-state index in [1.807, 2.05) is 24.3 Å². The van der Waals surface area contributed by atoms with Crippen LogP contribution in [0, 0.1) is 0 Å². The van der Waals surface area contributed by atoms with E-state index in [1.165, 1.54) is 0 Å². The van der Waals surface area contributed by atoms with Crippen LogP contribution in [0.3, 0.4) is 0 Å². The van der Waals surface area contributed by atoms with Gasteiger partial charge in [0.1, 0.15) is 6.33 Å². The highest BCUT2D eigenvalue weighted by atomic mass is 35.5. The second-order valence-electron chi connectivity index (χ2n) is 8.46. The Hall–Kier alpha value is -2.47. The minimum Gasteiger partial charge on any atom is -0.387 e. The fourth-order valence-electron chi connectivity index (χ4n) is 4.25. The minimum absolute atomic E-state index is 0.244. The molecule has 5 nitrogen and oxygen atoms in total. The molecule has 0 spiro atoms. The molecule has 2 atom stereocenters. The Bertz CT molecular complexity index is 1020. The predicted molar refractivity (Wildman–Crippen MR) is 127 cm³/mol. The summed E-state index contributed by atoms with van der Waals surface area (Å²) in [4.78, 5) is 11.2. The summed E-state index contributed by atoms with van der Waals surface area (Å²) in [7, 11) is 0. The molecule has 0 saturated heterocycles. The third-order valence-corrected chi connectivity index (χ3v) is 6.03. The summed E-state index contributed by atoms with van der Waals surface area (Å²) < 4.78 is 0. The van der Waals surface area contributed by atoms with Crippen LogP contribution >= 0.6 is 11.6 Å². The van der Waals surface area contributed by atoms with Crippen LogP contribution in [-0.2, 0) is 0 Å². The van der Waals surface area contributed by atoms with Gasteiger partial charge in [-0.05, 0) is 48.7 Å². The van der Waals surface area contributed by atoms with Gasteiger partial charge in [0.15, 0.2) is 0 Å². The first-order chi connectivity index (χ1) is 14.9. The van der Waals surface area contributed by atoms with E-state index in [9.17, 15) is 5.11 Å². The van der Waals surface area contributed by atoms with Gasteiger partial charge in [-0.3, -0.25) is 0 Å². The average molecular weight is 437 g/mol. The number of nitrogens with one attached hydrogen (secondary N) is 1. The summed E-state index contributed by atoms with van der Waals surface area (Å²) in [6.07, 6.45) is 1.76. The number of benzene rings is 2. The van der Waals surface area contributed by atoms with Gasteiger partial charge in [0.05, 0.1) is 17.5 Å². The second kappa shape index (κ2) is 9.35. The maximum Gasteiger partial charge on any atom is 0.116 e. The molecule has 1 heterocycles. The van der Waals surface area contributed by atoms with Crippen molar-refractivity contribution >= 4 is 23.0 Å². The lowest BCUT2D eigenvalue weighted by Crippen LogP contribution is -2.32. The summed E-state index contributed by atoms with van der Waals surface area (Å²) in [6, 6.07) is 16.8. The van der Waals surface area contributed by atoms with Gasteiger partial charge in [-0.1, -0.05) is 44.5 Å². The van der Waals surface area contributed by atoms with E-state index in [0.717, 1.165) is 52.0 Å². The van der Waals surface area contributed by atoms with Gasteiger partial charge < -0.3 is 15.3 Å². The zero-order valence-corrected chi connectivity index (χ0v) is 19.0. The molecule has 0 aliphatic heterocycles. The van der Waals surface area contributed by atoms with Crippen LogP contribution < -0.4 is 10.2 Å². The molecule has 162 valence electrons. The molecule has 0 radical (unpaired) electrons. The molecule has 2 aromatic carbocycles. The van der Waals surface area contributed by atoms with Crippen LogP contribution in [0.15, 0.2) is 54.9 Å². The summed E-state index contributed by atoms with van der Waals surface area (Å²) in [6.45, 7) is 8.14. The van der Waals surface area contributed by atoms with Crippen molar-refractivity contribution in [2.24, 2.45) is 0 Å². The smallest absolute Gasteiger partial charge is 0.116 e. The van der Waals surface area contributed by atoms with E-state index < -0.39 is 6.10 Å². The Balaban J connectivity index is 1.64. The number of hydrogen-bond donors (Lipinski definition) is 2. The zero-order valence-electron chi connectivity index (χ0n) is 18.2. The normalized spacial score (nSPS) is 17.7. The van der Waals surface area contributed by atoms with Crippen molar-refractivity contribution in [3.8, 4) is 11.3 Å². The van der Waals surface area contributed by atoms with Crippen LogP contribution in [0.4, 0.5) is 11.4 Å². The number of halogens is 1. The van der Waals surface area contributed by atoms with Crippen LogP contribution in [0.2, 0.25) is 5.02 Å². The monoisotopic (exact) mass is 436 g/mol. The number of hydrogen-bond acceptors (Lipinski definition) is 5. The highest BCUT2D eigenvalue weighted by molar-refractivity contribution is 6.30. The van der Waals surface area contributed by atoms with Gasteiger partial charge in [-0.15, -0.1) is 0 Å². The first-order valence-corrected chi connectivity index (χ1v) is 11.2.